The molecule has 0 atom stereocenters. The van der Waals surface area contributed by atoms with Crippen LogP contribution in [-0.4, -0.2) is 38.1 Å². The van der Waals surface area contributed by atoms with Gasteiger partial charge >= 0.3 is 5.97 Å². The number of piperidine rings is 1. The van der Waals surface area contributed by atoms with E-state index in [0.717, 1.165) is 42.8 Å². The fourth-order valence-electron chi connectivity index (χ4n) is 3.73. The number of halogens is 1. The molecule has 27 heavy (non-hydrogen) atoms. The Balaban J connectivity index is 0.00000210. The van der Waals surface area contributed by atoms with Crippen LogP contribution in [0, 0.1) is 0 Å². The van der Waals surface area contributed by atoms with Crippen LogP contribution in [0.4, 0.5) is 0 Å². The molecule has 144 valence electrons. The number of thiophene rings is 1. The van der Waals surface area contributed by atoms with E-state index in [-0.39, 0.29) is 24.8 Å². The van der Waals surface area contributed by atoms with Gasteiger partial charge in [0.1, 0.15) is 12.4 Å². The zero-order chi connectivity index (χ0) is 18.1. The van der Waals surface area contributed by atoms with E-state index in [1.54, 1.807) is 11.3 Å². The molecule has 3 heterocycles. The lowest BCUT2D eigenvalue weighted by molar-refractivity contribution is -0.139. The number of hydrogen-bond acceptors (Lipinski definition) is 5. The van der Waals surface area contributed by atoms with Gasteiger partial charge in [0.05, 0.1) is 13.5 Å². The molecule has 1 aromatic heterocycles. The molecule has 4 rings (SSSR count). The summed E-state index contributed by atoms with van der Waals surface area (Å²) in [6, 6.07) is 8.29. The molecule has 0 amide bonds. The summed E-state index contributed by atoms with van der Waals surface area (Å²) in [4.78, 5) is 15.4. The van der Waals surface area contributed by atoms with Gasteiger partial charge in [-0.15, -0.1) is 23.7 Å². The first-order chi connectivity index (χ1) is 12.7. The van der Waals surface area contributed by atoms with Gasteiger partial charge in [0, 0.05) is 23.5 Å². The standard InChI is InChI=1S/C21H23NO3S.ClH/c1-22-8-5-15(6-9-22)21-16-7-10-26-19(16)13-25-18-4-3-14(11-17(18)21)12-20(23)24-2;/h3-4,7,10-11H,5-6,8-9,12-13H2,1-2H3;1H. The van der Waals surface area contributed by atoms with Crippen molar-refractivity contribution in [3.05, 3.63) is 56.8 Å². The maximum atomic E-state index is 11.7. The average Bonchev–Trinajstić information content (AvgIpc) is 3.05. The van der Waals surface area contributed by atoms with E-state index in [2.05, 4.69) is 29.5 Å². The van der Waals surface area contributed by atoms with E-state index in [1.165, 1.54) is 28.7 Å². The van der Waals surface area contributed by atoms with Gasteiger partial charge in [-0.3, -0.25) is 4.79 Å². The Bertz CT molecular complexity index is 864. The minimum atomic E-state index is -0.218. The molecular weight excluding hydrogens is 382 g/mol. The van der Waals surface area contributed by atoms with Crippen molar-refractivity contribution in [2.45, 2.75) is 25.9 Å². The largest absolute Gasteiger partial charge is 0.487 e. The monoisotopic (exact) mass is 405 g/mol. The van der Waals surface area contributed by atoms with Crippen LogP contribution in [0.25, 0.3) is 5.57 Å². The summed E-state index contributed by atoms with van der Waals surface area (Å²) in [5.41, 5.74) is 6.17. The molecule has 1 fully saturated rings. The Morgan fingerprint density at radius 2 is 2.00 bits per heavy atom. The van der Waals surface area contributed by atoms with Crippen LogP contribution >= 0.6 is 23.7 Å². The van der Waals surface area contributed by atoms with E-state index >= 15 is 0 Å². The van der Waals surface area contributed by atoms with Crippen LogP contribution in [0.5, 0.6) is 5.75 Å². The van der Waals surface area contributed by atoms with Gasteiger partial charge in [0.25, 0.3) is 0 Å². The Labute approximate surface area is 170 Å². The van der Waals surface area contributed by atoms with Crippen LogP contribution < -0.4 is 4.74 Å². The number of carbonyl (C=O) groups excluding carboxylic acids is 1. The van der Waals surface area contributed by atoms with Crippen molar-refractivity contribution in [2.24, 2.45) is 0 Å². The van der Waals surface area contributed by atoms with E-state index in [4.69, 9.17) is 9.47 Å². The lowest BCUT2D eigenvalue weighted by atomic mass is 9.87. The topological polar surface area (TPSA) is 38.8 Å². The van der Waals surface area contributed by atoms with Crippen molar-refractivity contribution in [1.29, 1.82) is 0 Å². The van der Waals surface area contributed by atoms with Crippen LogP contribution in [0.3, 0.4) is 0 Å². The lowest BCUT2D eigenvalue weighted by Crippen LogP contribution is -2.26. The van der Waals surface area contributed by atoms with Gasteiger partial charge in [0.2, 0.25) is 0 Å². The number of rotatable bonds is 2. The first-order valence-corrected chi connectivity index (χ1v) is 9.84. The van der Waals surface area contributed by atoms with Gasteiger partial charge < -0.3 is 14.4 Å². The molecule has 0 radical (unpaired) electrons. The van der Waals surface area contributed by atoms with Gasteiger partial charge in [-0.2, -0.15) is 0 Å². The van der Waals surface area contributed by atoms with Crippen molar-refractivity contribution in [1.82, 2.24) is 4.90 Å². The molecule has 0 bridgehead atoms. The van der Waals surface area contributed by atoms with Crippen LogP contribution in [0.2, 0.25) is 0 Å². The predicted octanol–water partition coefficient (Wildman–Crippen LogP) is 4.31. The zero-order valence-electron chi connectivity index (χ0n) is 15.6. The molecule has 4 nitrogen and oxygen atoms in total. The molecular formula is C21H24ClNO3S. The molecule has 0 saturated carbocycles. The molecule has 1 saturated heterocycles. The fourth-order valence-corrected chi connectivity index (χ4v) is 4.52. The van der Waals surface area contributed by atoms with E-state index in [1.807, 2.05) is 12.1 Å². The average molecular weight is 406 g/mol. The Kier molecular flexibility index (Phi) is 6.25. The lowest BCUT2D eigenvalue weighted by Gasteiger charge is -2.27. The number of nitrogens with zero attached hydrogens (tertiary/aromatic N) is 1. The van der Waals surface area contributed by atoms with Crippen LogP contribution in [0.15, 0.2) is 35.2 Å². The maximum absolute atomic E-state index is 11.7. The number of ether oxygens (including phenoxy) is 2. The van der Waals surface area contributed by atoms with Crippen LogP contribution in [0.1, 0.15) is 34.4 Å². The number of carbonyl (C=O) groups is 1. The highest BCUT2D eigenvalue weighted by Crippen LogP contribution is 2.42. The Morgan fingerprint density at radius 1 is 1.22 bits per heavy atom. The number of likely N-dealkylation sites (tertiary alicyclic amines) is 1. The maximum Gasteiger partial charge on any atom is 0.309 e. The number of benzene rings is 1. The van der Waals surface area contributed by atoms with Crippen molar-refractivity contribution < 1.29 is 14.3 Å². The third-order valence-corrected chi connectivity index (χ3v) is 6.10. The molecule has 0 spiro atoms. The summed E-state index contributed by atoms with van der Waals surface area (Å²) in [6.45, 7) is 2.76. The summed E-state index contributed by atoms with van der Waals surface area (Å²) >= 11 is 1.75. The number of hydrogen-bond donors (Lipinski definition) is 0. The summed E-state index contributed by atoms with van der Waals surface area (Å²) < 4.78 is 10.9. The first-order valence-electron chi connectivity index (χ1n) is 8.96. The van der Waals surface area contributed by atoms with E-state index < -0.39 is 0 Å². The van der Waals surface area contributed by atoms with Gasteiger partial charge in [-0.25, -0.2) is 0 Å². The predicted molar refractivity (Wildman–Crippen MR) is 111 cm³/mol. The summed E-state index contributed by atoms with van der Waals surface area (Å²) in [7, 11) is 3.61. The molecule has 6 heteroatoms. The molecule has 2 aromatic rings. The van der Waals surface area contributed by atoms with E-state index in [0.29, 0.717) is 6.61 Å². The van der Waals surface area contributed by atoms with E-state index in [9.17, 15) is 4.79 Å². The second-order valence-electron chi connectivity index (χ2n) is 6.91. The molecule has 0 aliphatic carbocycles. The fraction of sp³-hybridized carbons (Fsp3) is 0.381. The smallest absolute Gasteiger partial charge is 0.309 e. The normalized spacial score (nSPS) is 16.5. The Hall–Kier alpha value is -1.82. The van der Waals surface area contributed by atoms with Gasteiger partial charge in [-0.1, -0.05) is 11.6 Å². The van der Waals surface area contributed by atoms with Gasteiger partial charge in [0.15, 0.2) is 0 Å². The number of esters is 1. The van der Waals surface area contributed by atoms with Gasteiger partial charge in [-0.05, 0) is 60.2 Å². The summed E-state index contributed by atoms with van der Waals surface area (Å²) in [5.74, 6) is 0.688. The number of fused-ring (bicyclic) bond motifs is 2. The molecule has 0 unspecified atom stereocenters. The van der Waals surface area contributed by atoms with Crippen molar-refractivity contribution >= 4 is 35.3 Å². The molecule has 2 aliphatic rings. The highest BCUT2D eigenvalue weighted by atomic mass is 35.5. The minimum absolute atomic E-state index is 0. The molecule has 2 aliphatic heterocycles. The van der Waals surface area contributed by atoms with Crippen molar-refractivity contribution in [3.8, 4) is 5.75 Å². The third-order valence-electron chi connectivity index (χ3n) is 5.21. The summed E-state index contributed by atoms with van der Waals surface area (Å²) in [5, 5.41) is 2.15. The zero-order valence-corrected chi connectivity index (χ0v) is 17.3. The SMILES string of the molecule is COC(=O)Cc1ccc2c(c1)C(=C1CCN(C)CC1)c1ccsc1CO2.Cl. The number of methoxy groups -OCH3 is 1. The molecule has 1 aromatic carbocycles. The Morgan fingerprint density at radius 3 is 2.74 bits per heavy atom. The second-order valence-corrected chi connectivity index (χ2v) is 7.91. The minimum Gasteiger partial charge on any atom is -0.487 e. The highest BCUT2D eigenvalue weighted by Gasteiger charge is 2.25. The quantitative estimate of drug-likeness (QED) is 0.698. The molecule has 0 N–H and O–H groups in total. The first kappa shape index (κ1) is 19.9. The van der Waals surface area contributed by atoms with Crippen LogP contribution in [-0.2, 0) is 22.6 Å². The summed E-state index contributed by atoms with van der Waals surface area (Å²) in [6.07, 6.45) is 2.43. The highest BCUT2D eigenvalue weighted by molar-refractivity contribution is 7.10. The van der Waals surface area contributed by atoms with Crippen molar-refractivity contribution in [3.63, 3.8) is 0 Å². The third kappa shape index (κ3) is 4.05. The van der Waals surface area contributed by atoms with Crippen molar-refractivity contribution in [2.75, 3.05) is 27.2 Å². The second kappa shape index (κ2) is 8.46.